The number of aryl methyl sites for hydroxylation is 2. The number of ether oxygens (including phenoxy) is 1. The maximum absolute atomic E-state index is 9.39. The standard InChI is InChI=1S/C18H23NO2/c1-12-5-7-17(13(2)9-12)14(3)19-16-6-8-18(21-4)15(10-16)11-20/h5-10,14,19-20H,11H2,1-4H3. The molecule has 0 aromatic heterocycles. The summed E-state index contributed by atoms with van der Waals surface area (Å²) in [4.78, 5) is 0. The van der Waals surface area contributed by atoms with Crippen molar-refractivity contribution in [2.24, 2.45) is 0 Å². The molecular formula is C18H23NO2. The van der Waals surface area contributed by atoms with Crippen molar-refractivity contribution >= 4 is 5.69 Å². The van der Waals surface area contributed by atoms with E-state index in [-0.39, 0.29) is 12.6 Å². The summed E-state index contributed by atoms with van der Waals surface area (Å²) in [6.45, 7) is 6.34. The summed E-state index contributed by atoms with van der Waals surface area (Å²) >= 11 is 0. The van der Waals surface area contributed by atoms with Crippen LogP contribution >= 0.6 is 0 Å². The lowest BCUT2D eigenvalue weighted by Gasteiger charge is -2.19. The first-order chi connectivity index (χ1) is 10.0. The monoisotopic (exact) mass is 285 g/mol. The number of benzene rings is 2. The molecule has 21 heavy (non-hydrogen) atoms. The van der Waals surface area contributed by atoms with Crippen molar-refractivity contribution in [3.8, 4) is 5.75 Å². The van der Waals surface area contributed by atoms with Gasteiger partial charge < -0.3 is 15.2 Å². The molecule has 3 nitrogen and oxygen atoms in total. The summed E-state index contributed by atoms with van der Waals surface area (Å²) in [5.74, 6) is 0.710. The zero-order valence-electron chi connectivity index (χ0n) is 13.1. The van der Waals surface area contributed by atoms with Crippen LogP contribution in [-0.2, 0) is 6.61 Å². The molecule has 2 aromatic rings. The van der Waals surface area contributed by atoms with Gasteiger partial charge in [0.2, 0.25) is 0 Å². The molecule has 0 bridgehead atoms. The molecule has 112 valence electrons. The van der Waals surface area contributed by atoms with Crippen LogP contribution < -0.4 is 10.1 Å². The van der Waals surface area contributed by atoms with E-state index in [0.29, 0.717) is 5.75 Å². The van der Waals surface area contributed by atoms with Crippen molar-refractivity contribution in [1.82, 2.24) is 0 Å². The molecule has 2 aromatic carbocycles. The average molecular weight is 285 g/mol. The van der Waals surface area contributed by atoms with E-state index in [2.05, 4.69) is 44.3 Å². The van der Waals surface area contributed by atoms with E-state index < -0.39 is 0 Å². The summed E-state index contributed by atoms with van der Waals surface area (Å²) in [5, 5.41) is 12.9. The first-order valence-electron chi connectivity index (χ1n) is 7.16. The molecule has 0 fully saturated rings. The Labute approximate surface area is 126 Å². The van der Waals surface area contributed by atoms with E-state index in [9.17, 15) is 5.11 Å². The molecule has 0 aliphatic heterocycles. The fourth-order valence-corrected chi connectivity index (χ4v) is 2.63. The van der Waals surface area contributed by atoms with Gasteiger partial charge in [0.15, 0.2) is 0 Å². The molecule has 0 radical (unpaired) electrons. The quantitative estimate of drug-likeness (QED) is 0.873. The van der Waals surface area contributed by atoms with Gasteiger partial charge in [0.1, 0.15) is 5.75 Å². The molecular weight excluding hydrogens is 262 g/mol. The first kappa shape index (κ1) is 15.4. The zero-order valence-corrected chi connectivity index (χ0v) is 13.1. The van der Waals surface area contributed by atoms with Gasteiger partial charge in [-0.3, -0.25) is 0 Å². The molecule has 0 saturated carbocycles. The van der Waals surface area contributed by atoms with Gasteiger partial charge in [0.25, 0.3) is 0 Å². The van der Waals surface area contributed by atoms with E-state index in [1.165, 1.54) is 16.7 Å². The van der Waals surface area contributed by atoms with Crippen LogP contribution in [-0.4, -0.2) is 12.2 Å². The number of methoxy groups -OCH3 is 1. The molecule has 1 atom stereocenters. The lowest BCUT2D eigenvalue weighted by molar-refractivity contribution is 0.274. The highest BCUT2D eigenvalue weighted by molar-refractivity contribution is 5.52. The van der Waals surface area contributed by atoms with Gasteiger partial charge in [0, 0.05) is 17.3 Å². The highest BCUT2D eigenvalue weighted by Gasteiger charge is 2.10. The second-order valence-corrected chi connectivity index (χ2v) is 5.41. The van der Waals surface area contributed by atoms with Gasteiger partial charge in [-0.1, -0.05) is 23.8 Å². The van der Waals surface area contributed by atoms with Crippen molar-refractivity contribution in [2.75, 3.05) is 12.4 Å². The molecule has 0 spiro atoms. The Hall–Kier alpha value is -2.00. The van der Waals surface area contributed by atoms with E-state index >= 15 is 0 Å². The third-order valence-corrected chi connectivity index (χ3v) is 3.73. The molecule has 0 aliphatic rings. The van der Waals surface area contributed by atoms with Gasteiger partial charge >= 0.3 is 0 Å². The number of hydrogen-bond donors (Lipinski definition) is 2. The van der Waals surface area contributed by atoms with Crippen molar-refractivity contribution in [3.05, 3.63) is 58.7 Å². The second-order valence-electron chi connectivity index (χ2n) is 5.41. The minimum absolute atomic E-state index is 0.0311. The molecule has 2 rings (SSSR count). The summed E-state index contributed by atoms with van der Waals surface area (Å²) < 4.78 is 5.23. The van der Waals surface area contributed by atoms with Crippen LogP contribution in [0.25, 0.3) is 0 Å². The minimum Gasteiger partial charge on any atom is -0.496 e. The van der Waals surface area contributed by atoms with E-state index in [1.54, 1.807) is 7.11 Å². The van der Waals surface area contributed by atoms with Crippen LogP contribution in [0.2, 0.25) is 0 Å². The molecule has 0 aliphatic carbocycles. The predicted molar refractivity (Wildman–Crippen MR) is 86.9 cm³/mol. The number of aliphatic hydroxyl groups is 1. The number of anilines is 1. The summed E-state index contributed by atoms with van der Waals surface area (Å²) in [5.41, 5.74) is 5.60. The van der Waals surface area contributed by atoms with Crippen LogP contribution in [0.15, 0.2) is 36.4 Å². The Bertz CT molecular complexity index is 623. The lowest BCUT2D eigenvalue weighted by Crippen LogP contribution is -2.08. The SMILES string of the molecule is COc1ccc(NC(C)c2ccc(C)cc2C)cc1CO. The Morgan fingerprint density at radius 3 is 2.52 bits per heavy atom. The normalized spacial score (nSPS) is 12.0. The largest absolute Gasteiger partial charge is 0.496 e. The van der Waals surface area contributed by atoms with Crippen LogP contribution in [0.5, 0.6) is 5.75 Å². The van der Waals surface area contributed by atoms with Crippen LogP contribution in [0.1, 0.15) is 35.2 Å². The Kier molecular flexibility index (Phi) is 4.86. The topological polar surface area (TPSA) is 41.5 Å². The fraction of sp³-hybridized carbons (Fsp3) is 0.333. The fourth-order valence-electron chi connectivity index (χ4n) is 2.63. The van der Waals surface area contributed by atoms with Crippen LogP contribution in [0.3, 0.4) is 0 Å². The van der Waals surface area contributed by atoms with Crippen molar-refractivity contribution in [2.45, 2.75) is 33.4 Å². The molecule has 1 unspecified atom stereocenters. The maximum atomic E-state index is 9.39. The number of hydrogen-bond acceptors (Lipinski definition) is 3. The van der Waals surface area contributed by atoms with Gasteiger partial charge in [-0.05, 0) is 50.1 Å². The van der Waals surface area contributed by atoms with Crippen LogP contribution in [0.4, 0.5) is 5.69 Å². The highest BCUT2D eigenvalue weighted by atomic mass is 16.5. The van der Waals surface area contributed by atoms with E-state index in [1.807, 2.05) is 18.2 Å². The summed E-state index contributed by atoms with van der Waals surface area (Å²) in [7, 11) is 1.61. The minimum atomic E-state index is -0.0311. The summed E-state index contributed by atoms with van der Waals surface area (Å²) in [6.07, 6.45) is 0. The highest BCUT2D eigenvalue weighted by Crippen LogP contribution is 2.27. The maximum Gasteiger partial charge on any atom is 0.124 e. The van der Waals surface area contributed by atoms with Crippen LogP contribution in [0, 0.1) is 13.8 Å². The Balaban J connectivity index is 2.21. The Morgan fingerprint density at radius 2 is 1.90 bits per heavy atom. The molecule has 0 saturated heterocycles. The first-order valence-corrected chi connectivity index (χ1v) is 7.16. The number of rotatable bonds is 5. The average Bonchev–Trinajstić information content (AvgIpc) is 2.46. The smallest absolute Gasteiger partial charge is 0.124 e. The third kappa shape index (κ3) is 3.56. The third-order valence-electron chi connectivity index (χ3n) is 3.73. The van der Waals surface area contributed by atoms with Crippen molar-refractivity contribution in [1.29, 1.82) is 0 Å². The van der Waals surface area contributed by atoms with Gasteiger partial charge in [-0.2, -0.15) is 0 Å². The molecule has 0 heterocycles. The molecule has 3 heteroatoms. The zero-order chi connectivity index (χ0) is 15.4. The molecule has 2 N–H and O–H groups in total. The van der Waals surface area contributed by atoms with E-state index in [0.717, 1.165) is 11.3 Å². The van der Waals surface area contributed by atoms with Gasteiger partial charge in [-0.15, -0.1) is 0 Å². The lowest BCUT2D eigenvalue weighted by atomic mass is 10.00. The van der Waals surface area contributed by atoms with E-state index in [4.69, 9.17) is 4.74 Å². The number of nitrogens with one attached hydrogen (secondary N) is 1. The van der Waals surface area contributed by atoms with Crippen molar-refractivity contribution < 1.29 is 9.84 Å². The Morgan fingerprint density at radius 1 is 1.14 bits per heavy atom. The van der Waals surface area contributed by atoms with Crippen molar-refractivity contribution in [3.63, 3.8) is 0 Å². The second kappa shape index (κ2) is 6.64. The van der Waals surface area contributed by atoms with Gasteiger partial charge in [0.05, 0.1) is 13.7 Å². The molecule has 0 amide bonds. The van der Waals surface area contributed by atoms with Gasteiger partial charge in [-0.25, -0.2) is 0 Å². The number of aliphatic hydroxyl groups excluding tert-OH is 1. The summed E-state index contributed by atoms with van der Waals surface area (Å²) in [6, 6.07) is 12.5. The predicted octanol–water partition coefficient (Wildman–Crippen LogP) is 3.98.